The van der Waals surface area contributed by atoms with Gasteiger partial charge in [-0.15, -0.1) is 0 Å². The molecule has 0 aliphatic carbocycles. The van der Waals surface area contributed by atoms with E-state index in [9.17, 15) is 4.79 Å². The summed E-state index contributed by atoms with van der Waals surface area (Å²) in [6, 6.07) is 7.57. The molecule has 14 heavy (non-hydrogen) atoms. The van der Waals surface area contributed by atoms with E-state index >= 15 is 0 Å². The zero-order valence-corrected chi connectivity index (χ0v) is 10.0. The molecule has 0 atom stereocenters. The molecule has 0 heterocycles. The van der Waals surface area contributed by atoms with E-state index in [2.05, 4.69) is 4.74 Å². The number of carbonyl (C=O) groups is 1. The third-order valence-electron chi connectivity index (χ3n) is 1.42. The second-order valence-electron chi connectivity index (χ2n) is 2.40. The molecule has 1 rings (SSSR count). The zero-order chi connectivity index (χ0) is 10.4. The van der Waals surface area contributed by atoms with E-state index in [4.69, 9.17) is 11.6 Å². The molecule has 0 radical (unpaired) electrons. The van der Waals surface area contributed by atoms with Crippen molar-refractivity contribution in [2.75, 3.05) is 7.11 Å². The molecule has 74 valence electrons. The topological polar surface area (TPSA) is 26.3 Å². The summed E-state index contributed by atoms with van der Waals surface area (Å²) < 4.78 is 5.64. The van der Waals surface area contributed by atoms with Crippen LogP contribution in [0.1, 0.15) is 0 Å². The van der Waals surface area contributed by atoms with Gasteiger partial charge in [-0.2, -0.15) is 0 Å². The third kappa shape index (κ3) is 3.97. The summed E-state index contributed by atoms with van der Waals surface area (Å²) in [5.74, 6) is -0.319. The predicted molar refractivity (Wildman–Crippen MR) is 58.0 cm³/mol. The molecular formula is C10H9ClO2Se. The normalized spacial score (nSPS) is 10.4. The monoisotopic (exact) mass is 276 g/mol. The van der Waals surface area contributed by atoms with Gasteiger partial charge in [0.25, 0.3) is 0 Å². The molecule has 0 aliphatic heterocycles. The molecule has 0 aromatic heterocycles. The van der Waals surface area contributed by atoms with Gasteiger partial charge >= 0.3 is 94.0 Å². The van der Waals surface area contributed by atoms with E-state index in [-0.39, 0.29) is 20.9 Å². The van der Waals surface area contributed by atoms with Crippen LogP contribution in [-0.4, -0.2) is 28.0 Å². The van der Waals surface area contributed by atoms with E-state index in [0.29, 0.717) is 0 Å². The molecule has 0 saturated carbocycles. The van der Waals surface area contributed by atoms with Gasteiger partial charge < -0.3 is 0 Å². The van der Waals surface area contributed by atoms with Crippen LogP contribution >= 0.6 is 11.6 Å². The van der Waals surface area contributed by atoms with Crippen LogP contribution in [0.5, 0.6) is 0 Å². The average molecular weight is 276 g/mol. The van der Waals surface area contributed by atoms with Crippen LogP contribution in [0.25, 0.3) is 0 Å². The Balaban J connectivity index is 2.49. The summed E-state index contributed by atoms with van der Waals surface area (Å²) in [5.41, 5.74) is 0. The van der Waals surface area contributed by atoms with Crippen LogP contribution in [-0.2, 0) is 9.53 Å². The fourth-order valence-corrected chi connectivity index (χ4v) is 2.20. The summed E-state index contributed by atoms with van der Waals surface area (Å²) in [6.45, 7) is 0. The van der Waals surface area contributed by atoms with Gasteiger partial charge in [0.1, 0.15) is 0 Å². The quantitative estimate of drug-likeness (QED) is 0.473. The Labute approximate surface area is 94.1 Å². The molecule has 0 N–H and O–H groups in total. The molecule has 0 unspecified atom stereocenters. The van der Waals surface area contributed by atoms with Crippen molar-refractivity contribution in [2.24, 2.45) is 0 Å². The van der Waals surface area contributed by atoms with E-state index in [1.165, 1.54) is 17.6 Å². The van der Waals surface area contributed by atoms with Gasteiger partial charge in [-0.3, -0.25) is 0 Å². The maximum absolute atomic E-state index is 10.7. The van der Waals surface area contributed by atoms with Crippen molar-refractivity contribution in [1.82, 2.24) is 0 Å². The van der Waals surface area contributed by atoms with Gasteiger partial charge in [0.15, 0.2) is 0 Å². The summed E-state index contributed by atoms with van der Waals surface area (Å²) in [5, 5.41) is 0.724. The molecule has 1 aromatic carbocycles. The van der Waals surface area contributed by atoms with Gasteiger partial charge in [-0.05, 0) is 0 Å². The van der Waals surface area contributed by atoms with Crippen LogP contribution < -0.4 is 4.46 Å². The molecule has 0 bridgehead atoms. The first-order valence-electron chi connectivity index (χ1n) is 3.89. The molecule has 1 aromatic rings. The van der Waals surface area contributed by atoms with Crippen molar-refractivity contribution >= 4 is 37.0 Å². The van der Waals surface area contributed by atoms with Crippen molar-refractivity contribution < 1.29 is 9.53 Å². The molecular weight excluding hydrogens is 267 g/mol. The van der Waals surface area contributed by atoms with Crippen molar-refractivity contribution in [3.8, 4) is 0 Å². The Bertz CT molecular complexity index is 332. The Morgan fingerprint density at radius 3 is 2.64 bits per heavy atom. The number of rotatable bonds is 3. The average Bonchev–Trinajstić information content (AvgIpc) is 2.21. The number of hydrogen-bond acceptors (Lipinski definition) is 2. The van der Waals surface area contributed by atoms with Crippen LogP contribution in [0.2, 0.25) is 5.02 Å². The minimum atomic E-state index is -0.319. The molecule has 2 nitrogen and oxygen atoms in total. The fraction of sp³-hybridized carbons (Fsp3) is 0.100. The molecule has 0 saturated heterocycles. The third-order valence-corrected chi connectivity index (χ3v) is 3.39. The molecule has 0 spiro atoms. The van der Waals surface area contributed by atoms with Crippen molar-refractivity contribution in [1.29, 1.82) is 0 Å². The fourth-order valence-electron chi connectivity index (χ4n) is 0.749. The summed E-state index contributed by atoms with van der Waals surface area (Å²) in [7, 11) is 1.36. The van der Waals surface area contributed by atoms with Crippen molar-refractivity contribution in [2.45, 2.75) is 0 Å². The Kier molecular flexibility index (Phi) is 4.74. The second-order valence-corrected chi connectivity index (χ2v) is 4.89. The Hall–Kier alpha value is -0.761. The van der Waals surface area contributed by atoms with Gasteiger partial charge in [-0.1, -0.05) is 0 Å². The molecule has 0 fully saturated rings. The second kappa shape index (κ2) is 5.86. The van der Waals surface area contributed by atoms with E-state index in [1.54, 1.807) is 0 Å². The van der Waals surface area contributed by atoms with Crippen LogP contribution in [0, 0.1) is 0 Å². The number of halogens is 1. The predicted octanol–water partition coefficient (Wildman–Crippen LogP) is 1.36. The van der Waals surface area contributed by atoms with Gasteiger partial charge in [0, 0.05) is 0 Å². The van der Waals surface area contributed by atoms with Crippen LogP contribution in [0.15, 0.2) is 35.3 Å². The summed E-state index contributed by atoms with van der Waals surface area (Å²) in [4.78, 5) is 12.6. The number of ether oxygens (including phenoxy) is 1. The Morgan fingerprint density at radius 2 is 2.07 bits per heavy atom. The molecule has 4 heteroatoms. The summed E-state index contributed by atoms with van der Waals surface area (Å²) >= 11 is 5.88. The number of benzene rings is 1. The van der Waals surface area contributed by atoms with Crippen LogP contribution in [0.4, 0.5) is 0 Å². The number of hydrogen-bond donors (Lipinski definition) is 0. The first-order chi connectivity index (χ1) is 6.72. The van der Waals surface area contributed by atoms with Gasteiger partial charge in [0.05, 0.1) is 0 Å². The van der Waals surface area contributed by atoms with Gasteiger partial charge in [-0.25, -0.2) is 0 Å². The standard InChI is InChI=1S/C10H9ClO2Se/c1-13-10(12)6-7-14-9-4-2-8(11)3-5-9/h2-7H,1H3/b7-6+. The first-order valence-corrected chi connectivity index (χ1v) is 6.11. The zero-order valence-electron chi connectivity index (χ0n) is 7.57. The molecule has 0 aliphatic rings. The van der Waals surface area contributed by atoms with Gasteiger partial charge in [0.2, 0.25) is 0 Å². The first kappa shape index (κ1) is 11.3. The van der Waals surface area contributed by atoms with Crippen LogP contribution in [0.3, 0.4) is 0 Å². The number of methoxy groups -OCH3 is 1. The van der Waals surface area contributed by atoms with Crippen molar-refractivity contribution in [3.63, 3.8) is 0 Å². The number of esters is 1. The number of carbonyl (C=O) groups excluding carboxylic acids is 1. The maximum atomic E-state index is 10.7. The Morgan fingerprint density at radius 1 is 1.43 bits per heavy atom. The van der Waals surface area contributed by atoms with Crippen molar-refractivity contribution in [3.05, 3.63) is 40.3 Å². The molecule has 0 amide bonds. The SMILES string of the molecule is COC(=O)/C=C/[Se]c1ccc(Cl)cc1. The van der Waals surface area contributed by atoms with E-state index in [1.807, 2.05) is 29.2 Å². The van der Waals surface area contributed by atoms with E-state index in [0.717, 1.165) is 5.02 Å². The minimum absolute atomic E-state index is 0.152. The van der Waals surface area contributed by atoms with E-state index < -0.39 is 0 Å². The summed E-state index contributed by atoms with van der Waals surface area (Å²) in [6.07, 6.45) is 1.44.